The Labute approximate surface area is 162 Å². The molecule has 0 spiro atoms. The molecule has 0 bridgehead atoms. The number of amides is 2. The smallest absolute Gasteiger partial charge is 0.319 e. The number of urea groups is 1. The highest BCUT2D eigenvalue weighted by atomic mass is 32.1. The Morgan fingerprint density at radius 3 is 2.70 bits per heavy atom. The van der Waals surface area contributed by atoms with E-state index in [0.717, 1.165) is 54.3 Å². The van der Waals surface area contributed by atoms with E-state index in [2.05, 4.69) is 32.7 Å². The summed E-state index contributed by atoms with van der Waals surface area (Å²) in [5, 5.41) is 5.56. The van der Waals surface area contributed by atoms with Gasteiger partial charge in [0.15, 0.2) is 0 Å². The van der Waals surface area contributed by atoms with E-state index in [1.165, 1.54) is 4.70 Å². The van der Waals surface area contributed by atoms with Gasteiger partial charge >= 0.3 is 6.03 Å². The zero-order valence-electron chi connectivity index (χ0n) is 15.2. The van der Waals surface area contributed by atoms with Crippen molar-refractivity contribution in [3.63, 3.8) is 0 Å². The Hall–Kier alpha value is -2.64. The van der Waals surface area contributed by atoms with Gasteiger partial charge in [-0.25, -0.2) is 9.78 Å². The van der Waals surface area contributed by atoms with E-state index in [4.69, 9.17) is 4.74 Å². The quantitative estimate of drug-likeness (QED) is 0.717. The lowest BCUT2D eigenvalue weighted by Crippen LogP contribution is -2.36. The molecule has 140 valence electrons. The fourth-order valence-corrected chi connectivity index (χ4v) is 3.98. The van der Waals surface area contributed by atoms with Gasteiger partial charge in [-0.3, -0.25) is 0 Å². The summed E-state index contributed by atoms with van der Waals surface area (Å²) < 4.78 is 6.67. The zero-order chi connectivity index (χ0) is 18.6. The van der Waals surface area contributed by atoms with Crippen molar-refractivity contribution < 1.29 is 9.53 Å². The maximum Gasteiger partial charge on any atom is 0.319 e. The van der Waals surface area contributed by atoms with Gasteiger partial charge in [0.1, 0.15) is 5.52 Å². The van der Waals surface area contributed by atoms with Gasteiger partial charge in [0.25, 0.3) is 0 Å². The van der Waals surface area contributed by atoms with E-state index < -0.39 is 0 Å². The Morgan fingerprint density at radius 2 is 1.96 bits per heavy atom. The van der Waals surface area contributed by atoms with Gasteiger partial charge < -0.3 is 20.3 Å². The van der Waals surface area contributed by atoms with Crippen LogP contribution in [0.15, 0.2) is 41.9 Å². The lowest BCUT2D eigenvalue weighted by Gasteiger charge is -2.29. The monoisotopic (exact) mass is 382 g/mol. The Balaban J connectivity index is 1.64. The van der Waals surface area contributed by atoms with E-state index in [1.807, 2.05) is 36.7 Å². The second-order valence-electron chi connectivity index (χ2n) is 6.36. The molecule has 1 aliphatic heterocycles. The maximum absolute atomic E-state index is 11.7. The molecule has 0 radical (unpaired) electrons. The molecule has 2 aromatic carbocycles. The SMILES string of the molecule is CCNC(=O)Nc1ccc(-c2cc(N3CCOCC3)c3ncsc3c2)cc1. The number of nitrogens with zero attached hydrogens (tertiary/aromatic N) is 2. The molecule has 2 N–H and O–H groups in total. The second-order valence-corrected chi connectivity index (χ2v) is 7.24. The van der Waals surface area contributed by atoms with Gasteiger partial charge in [0.2, 0.25) is 0 Å². The van der Waals surface area contributed by atoms with E-state index in [9.17, 15) is 4.79 Å². The lowest BCUT2D eigenvalue weighted by molar-refractivity contribution is 0.123. The highest BCUT2D eigenvalue weighted by Crippen LogP contribution is 2.35. The van der Waals surface area contributed by atoms with E-state index in [1.54, 1.807) is 11.3 Å². The number of carbonyl (C=O) groups is 1. The number of ether oxygens (including phenoxy) is 1. The molecule has 6 nitrogen and oxygen atoms in total. The molecule has 3 aromatic rings. The number of hydrogen-bond donors (Lipinski definition) is 2. The van der Waals surface area contributed by atoms with Crippen molar-refractivity contribution in [1.29, 1.82) is 0 Å². The van der Waals surface area contributed by atoms with Crippen LogP contribution in [-0.2, 0) is 4.74 Å². The molecule has 1 aliphatic rings. The third-order valence-corrected chi connectivity index (χ3v) is 5.36. The topological polar surface area (TPSA) is 66.5 Å². The van der Waals surface area contributed by atoms with Crippen molar-refractivity contribution in [3.8, 4) is 11.1 Å². The number of thiazole rings is 1. The molecule has 27 heavy (non-hydrogen) atoms. The van der Waals surface area contributed by atoms with Crippen LogP contribution in [0.4, 0.5) is 16.2 Å². The van der Waals surface area contributed by atoms with E-state index in [0.29, 0.717) is 6.54 Å². The largest absolute Gasteiger partial charge is 0.378 e. The standard InChI is InChI=1S/C20H22N4O2S/c1-2-21-20(25)23-16-5-3-14(4-6-16)15-11-17(24-7-9-26-10-8-24)19-18(12-15)27-13-22-19/h3-6,11-13H,2,7-10H2,1H3,(H2,21,23,25). The van der Waals surface area contributed by atoms with Crippen LogP contribution in [0, 0.1) is 0 Å². The van der Waals surface area contributed by atoms with Crippen molar-refractivity contribution in [1.82, 2.24) is 10.3 Å². The maximum atomic E-state index is 11.7. The first-order valence-electron chi connectivity index (χ1n) is 9.10. The van der Waals surface area contributed by atoms with E-state index in [-0.39, 0.29) is 6.03 Å². The third-order valence-electron chi connectivity index (χ3n) is 4.58. The van der Waals surface area contributed by atoms with Gasteiger partial charge in [0, 0.05) is 25.3 Å². The number of morpholine rings is 1. The Kier molecular flexibility index (Phi) is 5.22. The fraction of sp³-hybridized carbons (Fsp3) is 0.300. The molecule has 4 rings (SSSR count). The molecule has 0 aliphatic carbocycles. The number of nitrogens with one attached hydrogen (secondary N) is 2. The van der Waals surface area contributed by atoms with Gasteiger partial charge in [-0.1, -0.05) is 12.1 Å². The van der Waals surface area contributed by atoms with Crippen molar-refractivity contribution >= 4 is 39.0 Å². The molecular formula is C20H22N4O2S. The van der Waals surface area contributed by atoms with Crippen LogP contribution in [0.1, 0.15) is 6.92 Å². The summed E-state index contributed by atoms with van der Waals surface area (Å²) in [5.41, 5.74) is 7.16. The van der Waals surface area contributed by atoms with Gasteiger partial charge in [0.05, 0.1) is 29.1 Å². The number of anilines is 2. The predicted octanol–water partition coefficient (Wildman–Crippen LogP) is 3.94. The van der Waals surface area contributed by atoms with Crippen LogP contribution >= 0.6 is 11.3 Å². The second kappa shape index (κ2) is 7.94. The number of benzene rings is 2. The predicted molar refractivity (Wildman–Crippen MR) is 111 cm³/mol. The van der Waals surface area contributed by atoms with Crippen molar-refractivity contribution in [2.75, 3.05) is 43.1 Å². The first kappa shape index (κ1) is 17.8. The summed E-state index contributed by atoms with van der Waals surface area (Å²) in [6.45, 7) is 5.75. The van der Waals surface area contributed by atoms with Crippen molar-refractivity contribution in [3.05, 3.63) is 41.9 Å². The minimum Gasteiger partial charge on any atom is -0.378 e. The average molecular weight is 382 g/mol. The Morgan fingerprint density at radius 1 is 1.19 bits per heavy atom. The summed E-state index contributed by atoms with van der Waals surface area (Å²) >= 11 is 1.66. The van der Waals surface area contributed by atoms with Gasteiger partial charge in [-0.2, -0.15) is 0 Å². The molecule has 1 fully saturated rings. The number of hydrogen-bond acceptors (Lipinski definition) is 5. The highest BCUT2D eigenvalue weighted by Gasteiger charge is 2.17. The normalized spacial score (nSPS) is 14.3. The number of carbonyl (C=O) groups excluding carboxylic acids is 1. The van der Waals surface area contributed by atoms with Crippen LogP contribution in [0.2, 0.25) is 0 Å². The molecular weight excluding hydrogens is 360 g/mol. The molecule has 0 unspecified atom stereocenters. The van der Waals surface area contributed by atoms with E-state index >= 15 is 0 Å². The average Bonchev–Trinajstić information content (AvgIpc) is 3.17. The lowest BCUT2D eigenvalue weighted by atomic mass is 10.0. The highest BCUT2D eigenvalue weighted by molar-refractivity contribution is 7.16. The van der Waals surface area contributed by atoms with Crippen LogP contribution in [0.25, 0.3) is 21.3 Å². The summed E-state index contributed by atoms with van der Waals surface area (Å²) in [6, 6.07) is 12.1. The summed E-state index contributed by atoms with van der Waals surface area (Å²) in [4.78, 5) is 18.6. The molecule has 0 atom stereocenters. The number of fused-ring (bicyclic) bond motifs is 1. The molecule has 2 amide bonds. The molecule has 1 aromatic heterocycles. The first-order chi connectivity index (χ1) is 13.2. The molecule has 7 heteroatoms. The summed E-state index contributed by atoms with van der Waals surface area (Å²) in [5.74, 6) is 0. The van der Waals surface area contributed by atoms with Crippen molar-refractivity contribution in [2.24, 2.45) is 0 Å². The first-order valence-corrected chi connectivity index (χ1v) is 9.98. The fourth-order valence-electron chi connectivity index (χ4n) is 3.24. The summed E-state index contributed by atoms with van der Waals surface area (Å²) in [6.07, 6.45) is 0. The minimum atomic E-state index is -0.189. The van der Waals surface area contributed by atoms with Crippen molar-refractivity contribution in [2.45, 2.75) is 6.92 Å². The third kappa shape index (κ3) is 3.89. The molecule has 1 saturated heterocycles. The Bertz CT molecular complexity index is 933. The number of aromatic nitrogens is 1. The zero-order valence-corrected chi connectivity index (χ0v) is 16.0. The number of rotatable bonds is 4. The van der Waals surface area contributed by atoms with Crippen LogP contribution in [0.5, 0.6) is 0 Å². The van der Waals surface area contributed by atoms with Gasteiger partial charge in [-0.05, 0) is 42.3 Å². The summed E-state index contributed by atoms with van der Waals surface area (Å²) in [7, 11) is 0. The van der Waals surface area contributed by atoms with Crippen LogP contribution in [0.3, 0.4) is 0 Å². The molecule has 0 saturated carbocycles. The van der Waals surface area contributed by atoms with Crippen LogP contribution < -0.4 is 15.5 Å². The molecule has 2 heterocycles. The van der Waals surface area contributed by atoms with Crippen LogP contribution in [-0.4, -0.2) is 43.9 Å². The van der Waals surface area contributed by atoms with Gasteiger partial charge in [-0.15, -0.1) is 11.3 Å². The minimum absolute atomic E-state index is 0.189.